The number of pyridine rings is 1. The molecule has 3 aromatic rings. The van der Waals surface area contributed by atoms with Gasteiger partial charge < -0.3 is 14.7 Å². The summed E-state index contributed by atoms with van der Waals surface area (Å²) in [6, 6.07) is 14.5. The van der Waals surface area contributed by atoms with Crippen molar-refractivity contribution in [1.29, 1.82) is 0 Å². The lowest BCUT2D eigenvalue weighted by atomic mass is 10.1. The van der Waals surface area contributed by atoms with Gasteiger partial charge in [-0.15, -0.1) is 0 Å². The van der Waals surface area contributed by atoms with Gasteiger partial charge in [-0.1, -0.05) is 32.0 Å². The molecule has 38 heavy (non-hydrogen) atoms. The number of nitrogens with one attached hydrogen (secondary N) is 1. The number of ether oxygens (including phenoxy) is 1. The second-order valence-electron chi connectivity index (χ2n) is 9.11. The molecule has 0 aliphatic rings. The molecule has 2 N–H and O–H groups in total. The maximum atomic E-state index is 14.4. The Morgan fingerprint density at radius 3 is 2.47 bits per heavy atom. The fourth-order valence-electron chi connectivity index (χ4n) is 3.54. The molecule has 0 saturated heterocycles. The number of carbonyl (C=O) groups excluding carboxylic acids is 1. The number of sulfonamides is 1. The molecule has 1 aromatic heterocycles. The maximum Gasteiger partial charge on any atom is 0.303 e. The molecular formula is C27H30FN3O6S. The van der Waals surface area contributed by atoms with Crippen LogP contribution >= 0.6 is 0 Å². The van der Waals surface area contributed by atoms with Gasteiger partial charge in [0.1, 0.15) is 17.4 Å². The van der Waals surface area contributed by atoms with Crippen LogP contribution in [0.25, 0.3) is 11.3 Å². The SMILES string of the molecule is CC(C)COc1cc(F)cc(-c2ccc(C(=O)NS(=O)(=O)c3ccccc3)c(N(C)CCCC(=O)O)n2)c1. The summed E-state index contributed by atoms with van der Waals surface area (Å²) < 4.78 is 47.6. The molecular weight excluding hydrogens is 513 g/mol. The van der Waals surface area contributed by atoms with Crippen molar-refractivity contribution in [1.82, 2.24) is 9.71 Å². The molecule has 2 aromatic carbocycles. The topological polar surface area (TPSA) is 126 Å². The minimum absolute atomic E-state index is 0.0428. The number of aliphatic carboxylic acids is 1. The zero-order chi connectivity index (χ0) is 27.9. The number of rotatable bonds is 12. The highest BCUT2D eigenvalue weighted by atomic mass is 32.2. The molecule has 0 radical (unpaired) electrons. The first-order valence-corrected chi connectivity index (χ1v) is 13.4. The van der Waals surface area contributed by atoms with E-state index < -0.39 is 27.7 Å². The average Bonchev–Trinajstić information content (AvgIpc) is 2.86. The van der Waals surface area contributed by atoms with Gasteiger partial charge in [0.2, 0.25) is 0 Å². The van der Waals surface area contributed by atoms with Crippen LogP contribution < -0.4 is 14.4 Å². The summed E-state index contributed by atoms with van der Waals surface area (Å²) in [4.78, 5) is 30.1. The molecule has 0 spiro atoms. The molecule has 0 aliphatic heterocycles. The van der Waals surface area contributed by atoms with E-state index in [0.717, 1.165) is 0 Å². The Labute approximate surface area is 221 Å². The van der Waals surface area contributed by atoms with Crippen molar-refractivity contribution < 1.29 is 32.2 Å². The van der Waals surface area contributed by atoms with Crippen LogP contribution in [0.3, 0.4) is 0 Å². The zero-order valence-corrected chi connectivity index (χ0v) is 22.2. The van der Waals surface area contributed by atoms with E-state index in [4.69, 9.17) is 9.84 Å². The first-order valence-electron chi connectivity index (χ1n) is 12.0. The number of carboxylic acid groups (broad SMARTS) is 1. The van der Waals surface area contributed by atoms with Crippen LogP contribution in [0.4, 0.5) is 10.2 Å². The van der Waals surface area contributed by atoms with Gasteiger partial charge >= 0.3 is 5.97 Å². The number of amides is 1. The summed E-state index contributed by atoms with van der Waals surface area (Å²) in [5, 5.41) is 8.99. The van der Waals surface area contributed by atoms with E-state index in [9.17, 15) is 22.4 Å². The van der Waals surface area contributed by atoms with E-state index >= 15 is 0 Å². The van der Waals surface area contributed by atoms with Crippen molar-refractivity contribution in [2.24, 2.45) is 5.92 Å². The second-order valence-corrected chi connectivity index (χ2v) is 10.8. The van der Waals surface area contributed by atoms with Crippen LogP contribution in [0.2, 0.25) is 0 Å². The third-order valence-electron chi connectivity index (χ3n) is 5.40. The molecule has 202 valence electrons. The first-order chi connectivity index (χ1) is 18.0. The van der Waals surface area contributed by atoms with Crippen LogP contribution in [0, 0.1) is 11.7 Å². The number of benzene rings is 2. The van der Waals surface area contributed by atoms with Crippen LogP contribution in [0.15, 0.2) is 65.6 Å². The third-order valence-corrected chi connectivity index (χ3v) is 6.74. The van der Waals surface area contributed by atoms with Crippen LogP contribution in [0.5, 0.6) is 5.75 Å². The van der Waals surface area contributed by atoms with Crippen molar-refractivity contribution in [3.05, 3.63) is 72.0 Å². The number of carboxylic acids is 1. The van der Waals surface area contributed by atoms with E-state index in [0.29, 0.717) is 23.6 Å². The third kappa shape index (κ3) is 7.75. The molecule has 3 rings (SSSR count). The number of nitrogens with zero attached hydrogens (tertiary/aromatic N) is 2. The molecule has 0 saturated carbocycles. The lowest BCUT2D eigenvalue weighted by molar-refractivity contribution is -0.137. The fraction of sp³-hybridized carbons (Fsp3) is 0.296. The Balaban J connectivity index is 1.99. The molecule has 0 atom stereocenters. The summed E-state index contributed by atoms with van der Waals surface area (Å²) in [7, 11) is -2.54. The highest BCUT2D eigenvalue weighted by Gasteiger charge is 2.23. The molecule has 1 heterocycles. The van der Waals surface area contributed by atoms with Crippen molar-refractivity contribution in [3.8, 4) is 17.0 Å². The van der Waals surface area contributed by atoms with Gasteiger partial charge in [0, 0.05) is 31.6 Å². The Bertz CT molecular complexity index is 1400. The summed E-state index contributed by atoms with van der Waals surface area (Å²) in [6.07, 6.45) is 0.155. The summed E-state index contributed by atoms with van der Waals surface area (Å²) in [5.41, 5.74) is 0.674. The summed E-state index contributed by atoms with van der Waals surface area (Å²) in [6.45, 7) is 4.55. The van der Waals surface area contributed by atoms with Crippen molar-refractivity contribution in [2.75, 3.05) is 25.1 Å². The quantitative estimate of drug-likeness (QED) is 0.346. The molecule has 0 aliphatic carbocycles. The second kappa shape index (κ2) is 12.5. The minimum Gasteiger partial charge on any atom is -0.493 e. The smallest absolute Gasteiger partial charge is 0.303 e. The number of hydrogen-bond acceptors (Lipinski definition) is 7. The van der Waals surface area contributed by atoms with Crippen LogP contribution in [-0.4, -0.2) is 50.6 Å². The largest absolute Gasteiger partial charge is 0.493 e. The molecule has 1 amide bonds. The van der Waals surface area contributed by atoms with E-state index in [-0.39, 0.29) is 41.6 Å². The minimum atomic E-state index is -4.15. The lowest BCUT2D eigenvalue weighted by Gasteiger charge is -2.22. The average molecular weight is 544 g/mol. The molecule has 9 nitrogen and oxygen atoms in total. The summed E-state index contributed by atoms with van der Waals surface area (Å²) >= 11 is 0. The normalized spacial score (nSPS) is 11.3. The zero-order valence-electron chi connectivity index (χ0n) is 21.3. The monoisotopic (exact) mass is 543 g/mol. The Hall–Kier alpha value is -3.99. The molecule has 0 unspecified atom stereocenters. The van der Waals surface area contributed by atoms with Gasteiger partial charge in [-0.25, -0.2) is 22.5 Å². The van der Waals surface area contributed by atoms with E-state index in [1.54, 1.807) is 24.1 Å². The number of aromatic nitrogens is 1. The van der Waals surface area contributed by atoms with Gasteiger partial charge in [0.05, 0.1) is 22.8 Å². The van der Waals surface area contributed by atoms with Crippen LogP contribution in [-0.2, 0) is 14.8 Å². The number of anilines is 1. The number of halogens is 1. The molecule has 0 bridgehead atoms. The van der Waals surface area contributed by atoms with E-state index in [1.165, 1.54) is 48.5 Å². The van der Waals surface area contributed by atoms with Crippen molar-refractivity contribution in [3.63, 3.8) is 0 Å². The predicted molar refractivity (Wildman–Crippen MR) is 141 cm³/mol. The van der Waals surface area contributed by atoms with Crippen LogP contribution in [0.1, 0.15) is 37.0 Å². The van der Waals surface area contributed by atoms with Gasteiger partial charge in [0.15, 0.2) is 0 Å². The van der Waals surface area contributed by atoms with Crippen molar-refractivity contribution >= 4 is 27.7 Å². The van der Waals surface area contributed by atoms with Crippen molar-refractivity contribution in [2.45, 2.75) is 31.6 Å². The highest BCUT2D eigenvalue weighted by Crippen LogP contribution is 2.28. The van der Waals surface area contributed by atoms with Gasteiger partial charge in [-0.3, -0.25) is 9.59 Å². The standard InChI is InChI=1S/C27H30FN3O6S/c1-18(2)17-37-21-15-19(14-20(28)16-21)24-12-11-23(26(29-24)31(3)13-7-10-25(32)33)27(34)30-38(35,36)22-8-5-4-6-9-22/h4-6,8-9,11-12,14-16,18H,7,10,13,17H2,1-3H3,(H,30,34)(H,32,33). The Morgan fingerprint density at radius 1 is 1.11 bits per heavy atom. The van der Waals surface area contributed by atoms with Gasteiger partial charge in [-0.05, 0) is 48.7 Å². The maximum absolute atomic E-state index is 14.4. The summed E-state index contributed by atoms with van der Waals surface area (Å²) in [5.74, 6) is -1.75. The lowest BCUT2D eigenvalue weighted by Crippen LogP contribution is -2.33. The molecule has 11 heteroatoms. The number of carbonyl (C=O) groups is 2. The van der Waals surface area contributed by atoms with E-state index in [1.807, 2.05) is 13.8 Å². The molecule has 0 fully saturated rings. The Kier molecular flexibility index (Phi) is 9.40. The van der Waals surface area contributed by atoms with Gasteiger partial charge in [0.25, 0.3) is 15.9 Å². The van der Waals surface area contributed by atoms with Gasteiger partial charge in [-0.2, -0.15) is 0 Å². The first kappa shape index (κ1) is 28.6. The fourth-order valence-corrected chi connectivity index (χ4v) is 4.53. The Morgan fingerprint density at radius 2 is 1.82 bits per heavy atom. The number of hydrogen-bond donors (Lipinski definition) is 2. The predicted octanol–water partition coefficient (Wildman–Crippen LogP) is 4.34. The highest BCUT2D eigenvalue weighted by molar-refractivity contribution is 7.90. The van der Waals surface area contributed by atoms with E-state index in [2.05, 4.69) is 9.71 Å².